The summed E-state index contributed by atoms with van der Waals surface area (Å²) in [4.78, 5) is 17.6. The smallest absolute Gasteiger partial charge is 0.269 e. The average Bonchev–Trinajstić information content (AvgIpc) is 2.61. The number of anilines is 1. The van der Waals surface area contributed by atoms with Crippen LogP contribution in [0.1, 0.15) is 27.7 Å². The molecule has 1 rings (SSSR count). The zero-order chi connectivity index (χ0) is 17.9. The minimum absolute atomic E-state index is 0.145. The van der Waals surface area contributed by atoms with Gasteiger partial charge in [-0.15, -0.1) is 0 Å². The first-order valence-corrected chi connectivity index (χ1v) is 8.99. The maximum Gasteiger partial charge on any atom is 0.269 e. The standard InChI is InChI=1S/C18H32N4O2/c1-5-19(6-2)13-15-21(16-14-20(7-3)8-4)17-9-11-18(12-10-17)22(23)24/h9-12H,5-8,13-16H2,1-4H3. The molecule has 1 aromatic rings. The summed E-state index contributed by atoms with van der Waals surface area (Å²) in [6.07, 6.45) is 0. The van der Waals surface area contributed by atoms with E-state index in [2.05, 4.69) is 42.4 Å². The summed E-state index contributed by atoms with van der Waals surface area (Å²) in [5, 5.41) is 10.8. The molecule has 0 amide bonds. The molecule has 0 fully saturated rings. The Balaban J connectivity index is 2.80. The molecule has 6 nitrogen and oxygen atoms in total. The SMILES string of the molecule is CCN(CC)CCN(CCN(CC)CC)c1ccc([N+](=O)[O-])cc1. The molecule has 0 saturated carbocycles. The molecule has 0 radical (unpaired) electrons. The number of likely N-dealkylation sites (N-methyl/N-ethyl adjacent to an activating group) is 2. The highest BCUT2D eigenvalue weighted by Crippen LogP contribution is 2.19. The van der Waals surface area contributed by atoms with Gasteiger partial charge >= 0.3 is 0 Å². The van der Waals surface area contributed by atoms with E-state index in [9.17, 15) is 10.1 Å². The topological polar surface area (TPSA) is 52.9 Å². The van der Waals surface area contributed by atoms with Gasteiger partial charge in [0.25, 0.3) is 5.69 Å². The van der Waals surface area contributed by atoms with E-state index in [1.165, 1.54) is 0 Å². The summed E-state index contributed by atoms with van der Waals surface area (Å²) >= 11 is 0. The maximum atomic E-state index is 10.8. The number of hydrogen-bond acceptors (Lipinski definition) is 5. The van der Waals surface area contributed by atoms with Crippen molar-refractivity contribution in [2.45, 2.75) is 27.7 Å². The summed E-state index contributed by atoms with van der Waals surface area (Å²) in [6.45, 7) is 16.7. The largest absolute Gasteiger partial charge is 0.369 e. The Morgan fingerprint density at radius 1 is 0.792 bits per heavy atom. The van der Waals surface area contributed by atoms with E-state index < -0.39 is 0 Å². The molecule has 0 bridgehead atoms. The molecule has 0 atom stereocenters. The van der Waals surface area contributed by atoms with Crippen molar-refractivity contribution in [2.24, 2.45) is 0 Å². The zero-order valence-electron chi connectivity index (χ0n) is 15.6. The second kappa shape index (κ2) is 11.0. The van der Waals surface area contributed by atoms with Crippen molar-refractivity contribution in [1.82, 2.24) is 9.80 Å². The Bertz CT molecular complexity index is 454. The molecule has 0 aromatic heterocycles. The lowest BCUT2D eigenvalue weighted by Gasteiger charge is -2.30. The Hall–Kier alpha value is -1.66. The van der Waals surface area contributed by atoms with Crippen LogP contribution in [0.3, 0.4) is 0 Å². The normalized spacial score (nSPS) is 11.2. The molecular weight excluding hydrogens is 304 g/mol. The fourth-order valence-corrected chi connectivity index (χ4v) is 2.76. The number of hydrogen-bond donors (Lipinski definition) is 0. The average molecular weight is 336 g/mol. The van der Waals surface area contributed by atoms with Gasteiger partial charge in [-0.3, -0.25) is 10.1 Å². The zero-order valence-corrected chi connectivity index (χ0v) is 15.6. The highest BCUT2D eigenvalue weighted by atomic mass is 16.6. The van der Waals surface area contributed by atoms with Crippen LogP contribution in [-0.4, -0.2) is 67.1 Å². The van der Waals surface area contributed by atoms with E-state index in [-0.39, 0.29) is 10.6 Å². The van der Waals surface area contributed by atoms with Crippen molar-refractivity contribution in [2.75, 3.05) is 57.3 Å². The van der Waals surface area contributed by atoms with Crippen LogP contribution in [0.2, 0.25) is 0 Å². The van der Waals surface area contributed by atoms with Gasteiger partial charge in [-0.05, 0) is 38.3 Å². The Morgan fingerprint density at radius 2 is 1.21 bits per heavy atom. The second-order valence-electron chi connectivity index (χ2n) is 5.81. The second-order valence-corrected chi connectivity index (χ2v) is 5.81. The van der Waals surface area contributed by atoms with Gasteiger partial charge in [0.05, 0.1) is 4.92 Å². The van der Waals surface area contributed by atoms with Gasteiger partial charge in [-0.1, -0.05) is 27.7 Å². The van der Waals surface area contributed by atoms with Crippen LogP contribution >= 0.6 is 0 Å². The van der Waals surface area contributed by atoms with Crippen LogP contribution in [0.15, 0.2) is 24.3 Å². The van der Waals surface area contributed by atoms with E-state index in [0.29, 0.717) is 0 Å². The van der Waals surface area contributed by atoms with E-state index in [4.69, 9.17) is 0 Å². The highest BCUT2D eigenvalue weighted by molar-refractivity contribution is 5.50. The van der Waals surface area contributed by atoms with Crippen LogP contribution in [0.4, 0.5) is 11.4 Å². The number of nitro groups is 1. The molecule has 0 aliphatic heterocycles. The molecule has 0 aliphatic rings. The van der Waals surface area contributed by atoms with Crippen molar-refractivity contribution < 1.29 is 4.92 Å². The number of nitro benzene ring substituents is 1. The van der Waals surface area contributed by atoms with E-state index >= 15 is 0 Å². The predicted octanol–water partition coefficient (Wildman–Crippen LogP) is 3.08. The van der Waals surface area contributed by atoms with Crippen molar-refractivity contribution >= 4 is 11.4 Å². The number of benzene rings is 1. The number of rotatable bonds is 12. The molecule has 0 saturated heterocycles. The summed E-state index contributed by atoms with van der Waals surface area (Å²) in [7, 11) is 0. The van der Waals surface area contributed by atoms with E-state index in [0.717, 1.165) is 58.0 Å². The molecule has 0 spiro atoms. The van der Waals surface area contributed by atoms with Gasteiger partial charge in [0, 0.05) is 44.0 Å². The monoisotopic (exact) mass is 336 g/mol. The first kappa shape index (κ1) is 20.4. The van der Waals surface area contributed by atoms with Gasteiger partial charge in [0.1, 0.15) is 0 Å². The predicted molar refractivity (Wildman–Crippen MR) is 101 cm³/mol. The molecular formula is C18H32N4O2. The van der Waals surface area contributed by atoms with Crippen LogP contribution < -0.4 is 4.90 Å². The minimum Gasteiger partial charge on any atom is -0.369 e. The maximum absolute atomic E-state index is 10.8. The van der Waals surface area contributed by atoms with Crippen LogP contribution in [-0.2, 0) is 0 Å². The summed E-state index contributed by atoms with van der Waals surface area (Å²) in [5.41, 5.74) is 1.20. The fourth-order valence-electron chi connectivity index (χ4n) is 2.76. The summed E-state index contributed by atoms with van der Waals surface area (Å²) in [5.74, 6) is 0. The van der Waals surface area contributed by atoms with E-state index in [1.54, 1.807) is 12.1 Å². The quantitative estimate of drug-likeness (QED) is 0.434. The van der Waals surface area contributed by atoms with Crippen LogP contribution in [0.25, 0.3) is 0 Å². The third-order valence-electron chi connectivity index (χ3n) is 4.59. The van der Waals surface area contributed by atoms with Gasteiger partial charge in [0.15, 0.2) is 0 Å². The van der Waals surface area contributed by atoms with Crippen molar-refractivity contribution in [3.05, 3.63) is 34.4 Å². The molecule has 24 heavy (non-hydrogen) atoms. The third-order valence-corrected chi connectivity index (χ3v) is 4.59. The molecule has 0 unspecified atom stereocenters. The minimum atomic E-state index is -0.347. The van der Waals surface area contributed by atoms with Gasteiger partial charge in [-0.25, -0.2) is 0 Å². The molecule has 1 aromatic carbocycles. The lowest BCUT2D eigenvalue weighted by molar-refractivity contribution is -0.384. The number of non-ortho nitro benzene ring substituents is 1. The fraction of sp³-hybridized carbons (Fsp3) is 0.667. The Kier molecular flexibility index (Phi) is 9.34. The van der Waals surface area contributed by atoms with Crippen LogP contribution in [0.5, 0.6) is 0 Å². The Labute approximate surface area is 146 Å². The van der Waals surface area contributed by atoms with Gasteiger partial charge in [-0.2, -0.15) is 0 Å². The highest BCUT2D eigenvalue weighted by Gasteiger charge is 2.12. The molecule has 0 N–H and O–H groups in total. The lowest BCUT2D eigenvalue weighted by Crippen LogP contribution is -2.39. The molecule has 6 heteroatoms. The van der Waals surface area contributed by atoms with Gasteiger partial charge in [0.2, 0.25) is 0 Å². The molecule has 136 valence electrons. The first-order chi connectivity index (χ1) is 11.5. The van der Waals surface area contributed by atoms with Crippen molar-refractivity contribution in [1.29, 1.82) is 0 Å². The first-order valence-electron chi connectivity index (χ1n) is 8.99. The van der Waals surface area contributed by atoms with Gasteiger partial charge < -0.3 is 14.7 Å². The lowest BCUT2D eigenvalue weighted by atomic mass is 10.2. The summed E-state index contributed by atoms with van der Waals surface area (Å²) in [6, 6.07) is 6.92. The number of nitrogens with zero attached hydrogens (tertiary/aromatic N) is 4. The Morgan fingerprint density at radius 3 is 1.54 bits per heavy atom. The molecule has 0 heterocycles. The van der Waals surface area contributed by atoms with Crippen molar-refractivity contribution in [3.63, 3.8) is 0 Å². The third kappa shape index (κ3) is 6.45. The van der Waals surface area contributed by atoms with E-state index in [1.807, 2.05) is 12.1 Å². The van der Waals surface area contributed by atoms with Crippen LogP contribution in [0, 0.1) is 10.1 Å². The summed E-state index contributed by atoms with van der Waals surface area (Å²) < 4.78 is 0. The van der Waals surface area contributed by atoms with Crippen molar-refractivity contribution in [3.8, 4) is 0 Å². The molecule has 0 aliphatic carbocycles.